The van der Waals surface area contributed by atoms with Crippen molar-refractivity contribution < 1.29 is 22.7 Å². The Morgan fingerprint density at radius 3 is 2.63 bits per heavy atom. The fourth-order valence-electron chi connectivity index (χ4n) is 3.64. The minimum Gasteiger partial charge on any atom is -0.468 e. The predicted molar refractivity (Wildman–Crippen MR) is 94.1 cm³/mol. The average molecular weight is 379 g/mol. The number of ether oxygens (including phenoxy) is 1. The molecule has 144 valence electrons. The topological polar surface area (TPSA) is 56.5 Å². The second-order valence-electron chi connectivity index (χ2n) is 6.52. The molecule has 1 aromatic carbocycles. The molecule has 0 radical (unpaired) electrons. The Kier molecular flexibility index (Phi) is 4.84. The Bertz CT molecular complexity index is 915. The van der Waals surface area contributed by atoms with Gasteiger partial charge in [-0.3, -0.25) is 9.48 Å². The van der Waals surface area contributed by atoms with Crippen LogP contribution < -0.4 is 0 Å². The monoisotopic (exact) mass is 379 g/mol. The lowest BCUT2D eigenvalue weighted by atomic mass is 9.76. The maximum absolute atomic E-state index is 13.2. The van der Waals surface area contributed by atoms with Gasteiger partial charge >= 0.3 is 12.1 Å². The molecule has 0 amide bonds. The summed E-state index contributed by atoms with van der Waals surface area (Å²) in [5.41, 5.74) is 1.51. The van der Waals surface area contributed by atoms with E-state index < -0.39 is 29.5 Å². The molecular formula is C19H20F3N3O2. The zero-order chi connectivity index (χ0) is 19.9. The summed E-state index contributed by atoms with van der Waals surface area (Å²) in [5.74, 6) is -1.42. The standard InChI is InChI=1S/C19H20F3N3O2/c1-5-13-16-15(11-7-6-8-12(9-11)19(20,21)22)14(18(26)27-4)10(2)23-17(16)25(3)24-13/h6-9,14-15H,5H2,1-4H3. The predicted octanol–water partition coefficient (Wildman–Crippen LogP) is 4.03. The number of aryl methyl sites for hydroxylation is 2. The van der Waals surface area contributed by atoms with Crippen LogP contribution in [-0.4, -0.2) is 28.6 Å². The molecule has 1 aliphatic rings. The van der Waals surface area contributed by atoms with E-state index in [-0.39, 0.29) is 0 Å². The molecule has 1 aliphatic heterocycles. The quantitative estimate of drug-likeness (QED) is 0.757. The lowest BCUT2D eigenvalue weighted by molar-refractivity contribution is -0.143. The number of aromatic nitrogens is 2. The normalized spacial score (nSPS) is 19.4. The third-order valence-electron chi connectivity index (χ3n) is 4.87. The minimum absolute atomic E-state index is 0.387. The summed E-state index contributed by atoms with van der Waals surface area (Å²) in [4.78, 5) is 17.0. The molecule has 0 saturated carbocycles. The molecule has 2 heterocycles. The van der Waals surface area contributed by atoms with Crippen LogP contribution in [0.4, 0.5) is 19.0 Å². The first kappa shape index (κ1) is 19.1. The molecule has 27 heavy (non-hydrogen) atoms. The van der Waals surface area contributed by atoms with Crippen molar-refractivity contribution in [2.24, 2.45) is 18.0 Å². The van der Waals surface area contributed by atoms with Gasteiger partial charge in [-0.25, -0.2) is 4.99 Å². The third-order valence-corrected chi connectivity index (χ3v) is 4.87. The number of methoxy groups -OCH3 is 1. The Labute approximate surface area is 154 Å². The number of carbonyl (C=O) groups excluding carboxylic acids is 1. The van der Waals surface area contributed by atoms with Crippen LogP contribution in [0, 0.1) is 5.92 Å². The Morgan fingerprint density at radius 1 is 1.33 bits per heavy atom. The second-order valence-corrected chi connectivity index (χ2v) is 6.52. The fourth-order valence-corrected chi connectivity index (χ4v) is 3.64. The van der Waals surface area contributed by atoms with E-state index in [4.69, 9.17) is 4.74 Å². The summed E-state index contributed by atoms with van der Waals surface area (Å²) in [7, 11) is 2.99. The fraction of sp³-hybridized carbons (Fsp3) is 0.421. The molecule has 2 unspecified atom stereocenters. The van der Waals surface area contributed by atoms with Crippen molar-refractivity contribution in [1.82, 2.24) is 9.78 Å². The molecule has 1 aromatic heterocycles. The highest BCUT2D eigenvalue weighted by molar-refractivity contribution is 6.05. The molecule has 0 aliphatic carbocycles. The van der Waals surface area contributed by atoms with Crippen molar-refractivity contribution in [3.05, 3.63) is 46.6 Å². The Morgan fingerprint density at radius 2 is 2.04 bits per heavy atom. The summed E-state index contributed by atoms with van der Waals surface area (Å²) in [6.07, 6.45) is -3.90. The molecule has 8 heteroatoms. The van der Waals surface area contributed by atoms with Crippen molar-refractivity contribution in [3.8, 4) is 0 Å². The first-order valence-electron chi connectivity index (χ1n) is 8.55. The van der Waals surface area contributed by atoms with Gasteiger partial charge in [-0.1, -0.05) is 25.1 Å². The van der Waals surface area contributed by atoms with Gasteiger partial charge in [0, 0.05) is 24.2 Å². The zero-order valence-electron chi connectivity index (χ0n) is 15.5. The van der Waals surface area contributed by atoms with Crippen LogP contribution in [0.1, 0.15) is 42.1 Å². The average Bonchev–Trinajstić information content (AvgIpc) is 2.95. The highest BCUT2D eigenvalue weighted by Gasteiger charge is 2.42. The molecule has 0 bridgehead atoms. The van der Waals surface area contributed by atoms with Gasteiger partial charge in [0.15, 0.2) is 5.82 Å². The number of hydrogen-bond acceptors (Lipinski definition) is 4. The molecular weight excluding hydrogens is 359 g/mol. The number of rotatable bonds is 3. The largest absolute Gasteiger partial charge is 0.468 e. The highest BCUT2D eigenvalue weighted by atomic mass is 19.4. The van der Waals surface area contributed by atoms with E-state index in [2.05, 4.69) is 10.1 Å². The van der Waals surface area contributed by atoms with Gasteiger partial charge in [0.2, 0.25) is 0 Å². The van der Waals surface area contributed by atoms with Gasteiger partial charge in [0.25, 0.3) is 0 Å². The van der Waals surface area contributed by atoms with Crippen LogP contribution in [0.25, 0.3) is 0 Å². The SMILES string of the molecule is CCc1nn(C)c2c1C(c1cccc(C(F)(F)F)c1)C(C(=O)OC)C(C)=N2. The van der Waals surface area contributed by atoms with Crippen LogP contribution in [0.5, 0.6) is 0 Å². The number of alkyl halides is 3. The molecule has 0 N–H and O–H groups in total. The number of nitrogens with zero attached hydrogens (tertiary/aromatic N) is 3. The van der Waals surface area contributed by atoms with Gasteiger partial charge in [-0.15, -0.1) is 0 Å². The Hall–Kier alpha value is -2.64. The smallest absolute Gasteiger partial charge is 0.416 e. The van der Waals surface area contributed by atoms with Crippen molar-refractivity contribution in [2.45, 2.75) is 32.4 Å². The number of aliphatic imine (C=N–C) groups is 1. The maximum Gasteiger partial charge on any atom is 0.416 e. The maximum atomic E-state index is 13.2. The summed E-state index contributed by atoms with van der Waals surface area (Å²) in [6.45, 7) is 3.59. The number of hydrogen-bond donors (Lipinski definition) is 0. The summed E-state index contributed by atoms with van der Waals surface area (Å²) in [5, 5.41) is 4.45. The highest BCUT2D eigenvalue weighted by Crippen LogP contribution is 2.45. The van der Waals surface area contributed by atoms with Crippen LogP contribution in [0.15, 0.2) is 29.3 Å². The van der Waals surface area contributed by atoms with Crippen LogP contribution >= 0.6 is 0 Å². The summed E-state index contributed by atoms with van der Waals surface area (Å²) >= 11 is 0. The van der Waals surface area contributed by atoms with E-state index in [1.807, 2.05) is 6.92 Å². The molecule has 5 nitrogen and oxygen atoms in total. The number of fused-ring (bicyclic) bond motifs is 1. The van der Waals surface area contributed by atoms with Crippen molar-refractivity contribution in [2.75, 3.05) is 7.11 Å². The van der Waals surface area contributed by atoms with Gasteiger partial charge in [0.1, 0.15) is 5.92 Å². The summed E-state index contributed by atoms with van der Waals surface area (Å²) < 4.78 is 46.3. The van der Waals surface area contributed by atoms with Crippen molar-refractivity contribution in [1.29, 1.82) is 0 Å². The number of esters is 1. The van der Waals surface area contributed by atoms with Crippen molar-refractivity contribution in [3.63, 3.8) is 0 Å². The van der Waals surface area contributed by atoms with Gasteiger partial charge in [0.05, 0.1) is 18.4 Å². The van der Waals surface area contributed by atoms with Crippen LogP contribution in [0.2, 0.25) is 0 Å². The number of benzene rings is 1. The van der Waals surface area contributed by atoms with Gasteiger partial charge in [-0.05, 0) is 25.0 Å². The lowest BCUT2D eigenvalue weighted by Gasteiger charge is -2.30. The zero-order valence-corrected chi connectivity index (χ0v) is 15.5. The molecule has 0 fully saturated rings. The molecule has 2 atom stereocenters. The molecule has 0 saturated heterocycles. The van der Waals surface area contributed by atoms with E-state index in [0.29, 0.717) is 34.8 Å². The van der Waals surface area contributed by atoms with Crippen molar-refractivity contribution >= 4 is 17.5 Å². The van der Waals surface area contributed by atoms with Gasteiger partial charge in [-0.2, -0.15) is 18.3 Å². The molecule has 0 spiro atoms. The van der Waals surface area contributed by atoms with E-state index in [1.165, 1.54) is 13.2 Å². The van der Waals surface area contributed by atoms with E-state index in [0.717, 1.165) is 12.1 Å². The lowest BCUT2D eigenvalue weighted by Crippen LogP contribution is -2.33. The molecule has 3 rings (SSSR count). The molecule has 2 aromatic rings. The third kappa shape index (κ3) is 3.24. The number of carbonyl (C=O) groups is 1. The number of halogens is 3. The Balaban J connectivity index is 2.27. The first-order chi connectivity index (χ1) is 12.7. The van der Waals surface area contributed by atoms with Crippen LogP contribution in [0.3, 0.4) is 0 Å². The van der Waals surface area contributed by atoms with E-state index >= 15 is 0 Å². The first-order valence-corrected chi connectivity index (χ1v) is 8.55. The van der Waals surface area contributed by atoms with Crippen LogP contribution in [-0.2, 0) is 29.2 Å². The van der Waals surface area contributed by atoms with E-state index in [9.17, 15) is 18.0 Å². The second kappa shape index (κ2) is 6.83. The van der Waals surface area contributed by atoms with E-state index in [1.54, 1.807) is 24.7 Å². The summed E-state index contributed by atoms with van der Waals surface area (Å²) in [6, 6.07) is 5.07. The van der Waals surface area contributed by atoms with Gasteiger partial charge < -0.3 is 4.74 Å². The minimum atomic E-state index is -4.47.